The van der Waals surface area contributed by atoms with Crippen molar-refractivity contribution in [3.8, 4) is 17.2 Å². The first-order chi connectivity index (χ1) is 12.6. The predicted octanol–water partition coefficient (Wildman–Crippen LogP) is 2.79. The number of rotatable bonds is 5. The monoisotopic (exact) mass is 354 g/mol. The molecular formula is C19H18N2O5. The minimum Gasteiger partial charge on any atom is -0.493 e. The molecule has 2 N–H and O–H groups in total. The van der Waals surface area contributed by atoms with Gasteiger partial charge >= 0.3 is 0 Å². The number of primary amides is 1. The zero-order valence-corrected chi connectivity index (χ0v) is 14.6. The van der Waals surface area contributed by atoms with E-state index in [1.807, 2.05) is 0 Å². The first-order valence-corrected chi connectivity index (χ1v) is 7.74. The third-order valence-corrected chi connectivity index (χ3v) is 3.82. The van der Waals surface area contributed by atoms with Crippen molar-refractivity contribution >= 4 is 22.6 Å². The number of para-hydroxylation sites is 1. The predicted molar refractivity (Wildman–Crippen MR) is 96.1 cm³/mol. The molecule has 0 spiro atoms. The Labute approximate surface area is 149 Å². The SMILES string of the molecule is COc1ccc(N=c2oc3c(OC)cccc3cc2C(N)=O)cc1OC. The number of hydrogen-bond donors (Lipinski definition) is 1. The fourth-order valence-electron chi connectivity index (χ4n) is 2.56. The Balaban J connectivity index is 2.27. The van der Waals surface area contributed by atoms with E-state index in [1.54, 1.807) is 49.6 Å². The number of fused-ring (bicyclic) bond motifs is 1. The van der Waals surface area contributed by atoms with E-state index in [9.17, 15) is 4.79 Å². The molecule has 0 bridgehead atoms. The third kappa shape index (κ3) is 3.19. The van der Waals surface area contributed by atoms with E-state index < -0.39 is 5.91 Å². The van der Waals surface area contributed by atoms with E-state index >= 15 is 0 Å². The molecule has 0 fully saturated rings. The van der Waals surface area contributed by atoms with E-state index in [1.165, 1.54) is 14.2 Å². The molecule has 1 aromatic heterocycles. The molecule has 0 aliphatic carbocycles. The van der Waals surface area contributed by atoms with Gasteiger partial charge in [-0.15, -0.1) is 0 Å². The van der Waals surface area contributed by atoms with Crippen LogP contribution in [-0.2, 0) is 0 Å². The van der Waals surface area contributed by atoms with Crippen molar-refractivity contribution in [2.45, 2.75) is 0 Å². The summed E-state index contributed by atoms with van der Waals surface area (Å²) in [5, 5.41) is 0.685. The van der Waals surface area contributed by atoms with Crippen molar-refractivity contribution in [3.05, 3.63) is 53.6 Å². The largest absolute Gasteiger partial charge is 0.493 e. The second-order valence-electron chi connectivity index (χ2n) is 5.36. The van der Waals surface area contributed by atoms with E-state index in [-0.39, 0.29) is 11.1 Å². The van der Waals surface area contributed by atoms with Crippen molar-refractivity contribution in [1.82, 2.24) is 0 Å². The van der Waals surface area contributed by atoms with Gasteiger partial charge in [0.15, 0.2) is 22.8 Å². The maximum Gasteiger partial charge on any atom is 0.254 e. The van der Waals surface area contributed by atoms with Crippen LogP contribution in [0.4, 0.5) is 5.69 Å². The van der Waals surface area contributed by atoms with Gasteiger partial charge in [0.2, 0.25) is 5.55 Å². The highest BCUT2D eigenvalue weighted by molar-refractivity contribution is 5.96. The van der Waals surface area contributed by atoms with E-state index in [4.69, 9.17) is 24.4 Å². The molecule has 3 aromatic rings. The van der Waals surface area contributed by atoms with Gasteiger partial charge in [-0.25, -0.2) is 4.99 Å². The molecule has 7 nitrogen and oxygen atoms in total. The lowest BCUT2D eigenvalue weighted by molar-refractivity contribution is 0.0996. The van der Waals surface area contributed by atoms with Crippen LogP contribution in [0.2, 0.25) is 0 Å². The summed E-state index contributed by atoms with van der Waals surface area (Å²) < 4.78 is 21.6. The topological polar surface area (TPSA) is 96.3 Å². The van der Waals surface area contributed by atoms with Crippen molar-refractivity contribution in [2.75, 3.05) is 21.3 Å². The maximum atomic E-state index is 11.9. The van der Waals surface area contributed by atoms with Crippen molar-refractivity contribution in [1.29, 1.82) is 0 Å². The molecule has 7 heteroatoms. The minimum atomic E-state index is -0.641. The van der Waals surface area contributed by atoms with Gasteiger partial charge in [-0.2, -0.15) is 0 Å². The Morgan fingerprint density at radius 2 is 1.69 bits per heavy atom. The second-order valence-corrected chi connectivity index (χ2v) is 5.36. The van der Waals surface area contributed by atoms with Crippen LogP contribution in [0.5, 0.6) is 17.2 Å². The second kappa shape index (κ2) is 7.18. The van der Waals surface area contributed by atoms with Gasteiger partial charge in [0.05, 0.1) is 27.0 Å². The smallest absolute Gasteiger partial charge is 0.254 e. The van der Waals surface area contributed by atoms with Gasteiger partial charge in [0, 0.05) is 11.5 Å². The fourth-order valence-corrected chi connectivity index (χ4v) is 2.56. The maximum absolute atomic E-state index is 11.9. The zero-order chi connectivity index (χ0) is 18.7. The molecule has 0 unspecified atom stereocenters. The quantitative estimate of drug-likeness (QED) is 0.760. The summed E-state index contributed by atoms with van der Waals surface area (Å²) >= 11 is 0. The highest BCUT2D eigenvalue weighted by Gasteiger charge is 2.12. The van der Waals surface area contributed by atoms with Gasteiger partial charge in [0.1, 0.15) is 5.56 Å². The summed E-state index contributed by atoms with van der Waals surface area (Å²) in [4.78, 5) is 16.3. The number of nitrogens with two attached hydrogens (primary N) is 1. The van der Waals surface area contributed by atoms with Gasteiger partial charge < -0.3 is 24.4 Å². The van der Waals surface area contributed by atoms with Gasteiger partial charge in [-0.3, -0.25) is 4.79 Å². The van der Waals surface area contributed by atoms with Crippen molar-refractivity contribution in [3.63, 3.8) is 0 Å². The molecule has 3 rings (SSSR count). The number of benzene rings is 2. The van der Waals surface area contributed by atoms with Crippen LogP contribution in [0, 0.1) is 0 Å². The van der Waals surface area contributed by atoms with E-state index in [0.29, 0.717) is 33.9 Å². The zero-order valence-electron chi connectivity index (χ0n) is 14.6. The van der Waals surface area contributed by atoms with Crippen LogP contribution >= 0.6 is 0 Å². The lowest BCUT2D eigenvalue weighted by atomic mass is 10.1. The molecule has 2 aromatic carbocycles. The number of ether oxygens (including phenoxy) is 3. The molecule has 1 heterocycles. The van der Waals surface area contributed by atoms with Crippen LogP contribution in [0.15, 0.2) is 51.9 Å². The summed E-state index contributed by atoms with van der Waals surface area (Å²) in [6.07, 6.45) is 0. The first kappa shape index (κ1) is 17.3. The molecule has 0 radical (unpaired) electrons. The molecule has 0 aliphatic heterocycles. The number of hydrogen-bond acceptors (Lipinski definition) is 6. The number of carbonyl (C=O) groups excluding carboxylic acids is 1. The Bertz CT molecular complexity index is 1040. The van der Waals surface area contributed by atoms with Crippen LogP contribution in [0.1, 0.15) is 10.4 Å². The number of methoxy groups -OCH3 is 3. The first-order valence-electron chi connectivity index (χ1n) is 7.74. The standard InChI is InChI=1S/C19H18N2O5/c1-23-14-8-7-12(10-16(14)25-3)21-19-13(18(20)22)9-11-5-4-6-15(24-2)17(11)26-19/h4-10H,1-3H3,(H2,20,22). The molecule has 0 atom stereocenters. The molecular weight excluding hydrogens is 336 g/mol. The van der Waals surface area contributed by atoms with Crippen LogP contribution in [0.25, 0.3) is 11.0 Å². The number of amides is 1. The highest BCUT2D eigenvalue weighted by Crippen LogP contribution is 2.31. The Hall–Kier alpha value is -3.48. The number of nitrogens with zero attached hydrogens (tertiary/aromatic N) is 1. The minimum absolute atomic E-state index is 0.0849. The summed E-state index contributed by atoms with van der Waals surface area (Å²) in [5.74, 6) is 0.964. The molecule has 1 amide bonds. The van der Waals surface area contributed by atoms with Crippen LogP contribution < -0.4 is 25.5 Å². The highest BCUT2D eigenvalue weighted by atomic mass is 16.5. The molecule has 0 aliphatic rings. The van der Waals surface area contributed by atoms with Gasteiger partial charge in [0.25, 0.3) is 5.91 Å². The lowest BCUT2D eigenvalue weighted by Crippen LogP contribution is -2.21. The lowest BCUT2D eigenvalue weighted by Gasteiger charge is -2.08. The van der Waals surface area contributed by atoms with Gasteiger partial charge in [-0.1, -0.05) is 12.1 Å². The van der Waals surface area contributed by atoms with E-state index in [2.05, 4.69) is 4.99 Å². The third-order valence-electron chi connectivity index (χ3n) is 3.82. The molecule has 26 heavy (non-hydrogen) atoms. The van der Waals surface area contributed by atoms with Crippen LogP contribution in [-0.4, -0.2) is 27.2 Å². The summed E-state index contributed by atoms with van der Waals surface area (Å²) in [6.45, 7) is 0. The summed E-state index contributed by atoms with van der Waals surface area (Å²) in [6, 6.07) is 12.1. The van der Waals surface area contributed by atoms with Crippen molar-refractivity contribution < 1.29 is 23.4 Å². The van der Waals surface area contributed by atoms with E-state index in [0.717, 1.165) is 0 Å². The molecule has 0 saturated carbocycles. The Morgan fingerprint density at radius 1 is 0.962 bits per heavy atom. The van der Waals surface area contributed by atoms with Crippen molar-refractivity contribution in [2.24, 2.45) is 10.7 Å². The molecule has 0 saturated heterocycles. The average molecular weight is 354 g/mol. The molecule has 134 valence electrons. The normalized spacial score (nSPS) is 11.4. The Kier molecular flexibility index (Phi) is 4.79. The van der Waals surface area contributed by atoms with Crippen LogP contribution in [0.3, 0.4) is 0 Å². The fraction of sp³-hybridized carbons (Fsp3) is 0.158. The average Bonchev–Trinajstić information content (AvgIpc) is 2.66. The Morgan fingerprint density at radius 3 is 2.35 bits per heavy atom. The summed E-state index contributed by atoms with van der Waals surface area (Å²) in [5.41, 5.74) is 6.74. The van der Waals surface area contributed by atoms with Gasteiger partial charge in [-0.05, 0) is 24.3 Å². The summed E-state index contributed by atoms with van der Waals surface area (Å²) in [7, 11) is 4.62. The number of carbonyl (C=O) groups is 1.